The van der Waals surface area contributed by atoms with Crippen LogP contribution < -0.4 is 5.32 Å². The molecule has 0 aromatic rings. The fourth-order valence-electron chi connectivity index (χ4n) is 4.09. The molecular formula is C22H31NO6S. The molecule has 5 atom stereocenters. The Hall–Kier alpha value is -1.64. The molecule has 2 N–H and O–H groups in total. The number of amides is 1. The second-order valence-corrected chi connectivity index (χ2v) is 9.59. The van der Waals surface area contributed by atoms with Gasteiger partial charge in [-0.15, -0.1) is 0 Å². The van der Waals surface area contributed by atoms with Crippen LogP contribution >= 0.6 is 11.8 Å². The summed E-state index contributed by atoms with van der Waals surface area (Å²) >= 11 is 1.12. The molecular weight excluding hydrogens is 406 g/mol. The van der Waals surface area contributed by atoms with Gasteiger partial charge in [-0.2, -0.15) is 0 Å². The summed E-state index contributed by atoms with van der Waals surface area (Å²) in [5.41, 5.74) is 0.788. The van der Waals surface area contributed by atoms with Crippen LogP contribution in [0.1, 0.15) is 58.8 Å². The Morgan fingerprint density at radius 2 is 2.00 bits per heavy atom. The molecule has 1 amide bonds. The van der Waals surface area contributed by atoms with Gasteiger partial charge in [0.15, 0.2) is 5.79 Å². The summed E-state index contributed by atoms with van der Waals surface area (Å²) in [5, 5.41) is 13.8. The van der Waals surface area contributed by atoms with Crippen molar-refractivity contribution in [1.29, 1.82) is 0 Å². The van der Waals surface area contributed by atoms with E-state index in [0.717, 1.165) is 23.8 Å². The average molecular weight is 438 g/mol. The number of allylic oxidation sites excluding steroid dienone is 3. The van der Waals surface area contributed by atoms with Crippen molar-refractivity contribution in [2.75, 3.05) is 5.75 Å². The molecule has 7 nitrogen and oxygen atoms in total. The lowest BCUT2D eigenvalue weighted by molar-refractivity contribution is -0.283. The monoisotopic (exact) mass is 437 g/mol. The van der Waals surface area contributed by atoms with Crippen LogP contribution in [0.15, 0.2) is 23.8 Å². The number of thioether (sulfide) groups is 1. The van der Waals surface area contributed by atoms with E-state index in [2.05, 4.69) is 12.2 Å². The Balaban J connectivity index is 1.77. The van der Waals surface area contributed by atoms with Crippen LogP contribution in [-0.4, -0.2) is 51.9 Å². The van der Waals surface area contributed by atoms with Crippen molar-refractivity contribution >= 4 is 28.8 Å². The van der Waals surface area contributed by atoms with E-state index in [1.807, 2.05) is 19.1 Å². The molecule has 0 radical (unpaired) electrons. The zero-order valence-corrected chi connectivity index (χ0v) is 18.4. The summed E-state index contributed by atoms with van der Waals surface area (Å²) in [6.45, 7) is 3.89. The number of carbonyl (C=O) groups excluding carboxylic acids is 3. The van der Waals surface area contributed by atoms with Crippen LogP contribution in [0.2, 0.25) is 0 Å². The molecule has 2 fully saturated rings. The lowest BCUT2D eigenvalue weighted by Gasteiger charge is -2.43. The second-order valence-electron chi connectivity index (χ2n) is 8.60. The highest BCUT2D eigenvalue weighted by Crippen LogP contribution is 2.37. The smallest absolute Gasteiger partial charge is 0.330 e. The first kappa shape index (κ1) is 23.0. The molecule has 0 saturated carbocycles. The van der Waals surface area contributed by atoms with Gasteiger partial charge in [-0.1, -0.05) is 36.4 Å². The van der Waals surface area contributed by atoms with Gasteiger partial charge in [-0.05, 0) is 32.1 Å². The van der Waals surface area contributed by atoms with Gasteiger partial charge in [0.25, 0.3) is 5.24 Å². The summed E-state index contributed by atoms with van der Waals surface area (Å²) in [7, 11) is 0. The molecule has 0 aromatic heterocycles. The quantitative estimate of drug-likeness (QED) is 0.479. The number of rotatable bonds is 1. The van der Waals surface area contributed by atoms with E-state index >= 15 is 0 Å². The van der Waals surface area contributed by atoms with Crippen LogP contribution in [0.3, 0.4) is 0 Å². The lowest BCUT2D eigenvalue weighted by Crippen LogP contribution is -2.58. The molecule has 3 heterocycles. The first-order chi connectivity index (χ1) is 14.2. The molecule has 0 spiro atoms. The van der Waals surface area contributed by atoms with Crippen LogP contribution in [-0.2, 0) is 19.1 Å². The third-order valence-corrected chi connectivity index (χ3v) is 6.71. The molecule has 0 aromatic carbocycles. The van der Waals surface area contributed by atoms with Gasteiger partial charge in [0.05, 0.1) is 12.1 Å². The molecule has 3 aliphatic heterocycles. The highest BCUT2D eigenvalue weighted by molar-refractivity contribution is 8.14. The van der Waals surface area contributed by atoms with Gasteiger partial charge >= 0.3 is 5.97 Å². The van der Waals surface area contributed by atoms with Gasteiger partial charge < -0.3 is 19.9 Å². The Morgan fingerprint density at radius 3 is 2.73 bits per heavy atom. The molecule has 30 heavy (non-hydrogen) atoms. The van der Waals surface area contributed by atoms with Gasteiger partial charge in [0, 0.05) is 37.5 Å². The number of aliphatic hydroxyl groups is 1. The number of hydrogen-bond acceptors (Lipinski definition) is 7. The number of fused-ring (bicyclic) bond motifs is 2. The van der Waals surface area contributed by atoms with Crippen molar-refractivity contribution < 1.29 is 29.0 Å². The van der Waals surface area contributed by atoms with Crippen LogP contribution in [0, 0.1) is 5.92 Å². The Kier molecular flexibility index (Phi) is 7.76. The average Bonchev–Trinajstić information content (AvgIpc) is 3.11. The zero-order valence-electron chi connectivity index (χ0n) is 17.6. The van der Waals surface area contributed by atoms with E-state index in [0.29, 0.717) is 37.9 Å². The van der Waals surface area contributed by atoms with Crippen molar-refractivity contribution in [2.45, 2.75) is 82.8 Å². The van der Waals surface area contributed by atoms with Crippen molar-refractivity contribution in [3.63, 3.8) is 0 Å². The number of Topliss-reactive ketones (excluding diaryl/α,β-unsaturated/α-hetero) is 1. The Labute approximate surface area is 181 Å². The SMILES string of the molecule is C/C1=C/C(=O)OC2C[C@@H](CC[C@H](C)/C=C\CC(=O)CC1)OC(O)(C1CSC(=O)N1)C2. The van der Waals surface area contributed by atoms with Crippen LogP contribution in [0.25, 0.3) is 0 Å². The van der Waals surface area contributed by atoms with Gasteiger partial charge in [-0.25, -0.2) is 4.79 Å². The molecule has 2 bridgehead atoms. The minimum Gasteiger partial charge on any atom is -0.459 e. The van der Waals surface area contributed by atoms with Crippen LogP contribution in [0.4, 0.5) is 4.79 Å². The predicted octanol–water partition coefficient (Wildman–Crippen LogP) is 3.26. The van der Waals surface area contributed by atoms with Gasteiger partial charge in [-0.3, -0.25) is 9.59 Å². The van der Waals surface area contributed by atoms with Gasteiger partial charge in [0.2, 0.25) is 0 Å². The zero-order chi connectivity index (χ0) is 21.7. The molecule has 8 heteroatoms. The second kappa shape index (κ2) is 10.1. The Bertz CT molecular complexity index is 735. The van der Waals surface area contributed by atoms with Crippen molar-refractivity contribution in [3.05, 3.63) is 23.8 Å². The number of hydrogen-bond donors (Lipinski definition) is 2. The van der Waals surface area contributed by atoms with E-state index in [1.54, 1.807) is 0 Å². The third kappa shape index (κ3) is 6.43. The topological polar surface area (TPSA) is 102 Å². The number of ether oxygens (including phenoxy) is 2. The molecule has 3 unspecified atom stereocenters. The number of esters is 1. The normalized spacial score (nSPS) is 39.6. The van der Waals surface area contributed by atoms with Gasteiger partial charge in [0.1, 0.15) is 11.9 Å². The highest BCUT2D eigenvalue weighted by atomic mass is 32.2. The fraction of sp³-hybridized carbons (Fsp3) is 0.682. The maximum absolute atomic E-state index is 12.4. The fourth-order valence-corrected chi connectivity index (χ4v) is 4.98. The molecule has 0 aliphatic carbocycles. The first-order valence-corrected chi connectivity index (χ1v) is 11.6. The standard InChI is InChI=1S/C22H31NO6S/c1-14-4-3-5-16(24)8-6-15(2)10-20(25)28-18-11-17(9-7-14)29-22(27,12-18)19-13-30-21(26)23-19/h3-4,10,14,17-19,27H,5-9,11-13H2,1-2H3,(H,23,26)/b4-3-,15-10-/t14-,17-,18?,19?,22?/m1/s1. The van der Waals surface area contributed by atoms with Crippen molar-refractivity contribution in [2.24, 2.45) is 5.92 Å². The van der Waals surface area contributed by atoms with Crippen LogP contribution in [0.5, 0.6) is 0 Å². The summed E-state index contributed by atoms with van der Waals surface area (Å²) < 4.78 is 11.7. The Morgan fingerprint density at radius 1 is 1.20 bits per heavy atom. The largest absolute Gasteiger partial charge is 0.459 e. The molecule has 2 saturated heterocycles. The maximum atomic E-state index is 12.4. The van der Waals surface area contributed by atoms with Crippen molar-refractivity contribution in [3.8, 4) is 0 Å². The number of nitrogens with one attached hydrogen (secondary N) is 1. The number of carbonyl (C=O) groups is 3. The van der Waals surface area contributed by atoms with E-state index in [9.17, 15) is 19.5 Å². The molecule has 3 rings (SSSR count). The minimum absolute atomic E-state index is 0.113. The molecule has 166 valence electrons. The summed E-state index contributed by atoms with van der Waals surface area (Å²) in [6, 6.07) is -0.537. The van der Waals surface area contributed by atoms with Crippen molar-refractivity contribution in [1.82, 2.24) is 5.32 Å². The maximum Gasteiger partial charge on any atom is 0.330 e. The lowest BCUT2D eigenvalue weighted by atomic mass is 9.90. The molecule has 3 aliphatic rings. The first-order valence-electron chi connectivity index (χ1n) is 10.6. The predicted molar refractivity (Wildman–Crippen MR) is 114 cm³/mol. The summed E-state index contributed by atoms with van der Waals surface area (Å²) in [6.07, 6.45) is 8.01. The van der Waals surface area contributed by atoms with E-state index in [4.69, 9.17) is 9.47 Å². The number of ketones is 1. The minimum atomic E-state index is -1.57. The highest BCUT2D eigenvalue weighted by Gasteiger charge is 2.49. The van der Waals surface area contributed by atoms with E-state index < -0.39 is 23.9 Å². The summed E-state index contributed by atoms with van der Waals surface area (Å²) in [4.78, 5) is 36.1. The van der Waals surface area contributed by atoms with E-state index in [-0.39, 0.29) is 29.5 Å². The van der Waals surface area contributed by atoms with E-state index in [1.165, 1.54) is 6.08 Å². The third-order valence-electron chi connectivity index (χ3n) is 5.83. The summed E-state index contributed by atoms with van der Waals surface area (Å²) in [5.74, 6) is -1.22.